The normalized spacial score (nSPS) is 10.4. The fraction of sp³-hybridized carbons (Fsp3) is 0.625. The van der Waals surface area contributed by atoms with E-state index in [0.29, 0.717) is 18.9 Å². The third-order valence-electron chi connectivity index (χ3n) is 1.82. The van der Waals surface area contributed by atoms with Crippen molar-refractivity contribution in [3.05, 3.63) is 10.6 Å². The molecule has 0 amide bonds. The largest absolute Gasteiger partial charge is 0.396 e. The molecule has 1 heterocycles. The molecule has 84 valence electrons. The standard InChI is InChI=1S/C8H12Cl2N4O/c1-2-14(4-3-5-15)8-12-6(9)11-7(10)13-8/h15H,2-5H2,1H3. The van der Waals surface area contributed by atoms with Crippen LogP contribution in [0.4, 0.5) is 5.95 Å². The lowest BCUT2D eigenvalue weighted by atomic mass is 10.4. The average Bonchev–Trinajstić information content (AvgIpc) is 2.17. The van der Waals surface area contributed by atoms with Crippen molar-refractivity contribution >= 4 is 29.2 Å². The van der Waals surface area contributed by atoms with Gasteiger partial charge in [0.25, 0.3) is 0 Å². The Bertz CT molecular complexity index is 303. The van der Waals surface area contributed by atoms with Gasteiger partial charge in [-0.25, -0.2) is 0 Å². The van der Waals surface area contributed by atoms with Crippen LogP contribution in [0.5, 0.6) is 0 Å². The Kier molecular flexibility index (Phi) is 5.01. The van der Waals surface area contributed by atoms with Gasteiger partial charge in [0.15, 0.2) is 0 Å². The van der Waals surface area contributed by atoms with Crippen LogP contribution < -0.4 is 4.90 Å². The van der Waals surface area contributed by atoms with Crippen LogP contribution in [0, 0.1) is 0 Å². The van der Waals surface area contributed by atoms with Gasteiger partial charge in [0.1, 0.15) is 0 Å². The van der Waals surface area contributed by atoms with Crippen molar-refractivity contribution in [3.8, 4) is 0 Å². The zero-order valence-corrected chi connectivity index (χ0v) is 9.83. The first-order valence-corrected chi connectivity index (χ1v) is 5.35. The van der Waals surface area contributed by atoms with Crippen molar-refractivity contribution in [1.29, 1.82) is 0 Å². The lowest BCUT2D eigenvalue weighted by Crippen LogP contribution is -2.26. The van der Waals surface area contributed by atoms with Crippen LogP contribution in [-0.4, -0.2) is 39.8 Å². The summed E-state index contributed by atoms with van der Waals surface area (Å²) in [7, 11) is 0. The number of aliphatic hydroxyl groups excluding tert-OH is 1. The van der Waals surface area contributed by atoms with E-state index in [1.165, 1.54) is 0 Å². The van der Waals surface area contributed by atoms with E-state index in [1.807, 2.05) is 11.8 Å². The number of rotatable bonds is 5. The number of aliphatic hydroxyl groups is 1. The van der Waals surface area contributed by atoms with Gasteiger partial charge < -0.3 is 10.0 Å². The Morgan fingerprint density at radius 3 is 2.27 bits per heavy atom. The number of halogens is 2. The fourth-order valence-electron chi connectivity index (χ4n) is 1.12. The summed E-state index contributed by atoms with van der Waals surface area (Å²) in [6.45, 7) is 3.46. The van der Waals surface area contributed by atoms with Gasteiger partial charge in [0.2, 0.25) is 16.5 Å². The molecule has 0 spiro atoms. The van der Waals surface area contributed by atoms with Crippen LogP contribution in [0.15, 0.2) is 0 Å². The third-order valence-corrected chi connectivity index (χ3v) is 2.16. The lowest BCUT2D eigenvalue weighted by Gasteiger charge is -2.19. The molecule has 0 atom stereocenters. The van der Waals surface area contributed by atoms with Crippen molar-refractivity contribution in [1.82, 2.24) is 15.0 Å². The Morgan fingerprint density at radius 2 is 1.80 bits per heavy atom. The number of anilines is 1. The quantitative estimate of drug-likeness (QED) is 0.856. The highest BCUT2D eigenvalue weighted by atomic mass is 35.5. The molecular weight excluding hydrogens is 239 g/mol. The van der Waals surface area contributed by atoms with Crippen LogP contribution >= 0.6 is 23.2 Å². The maximum atomic E-state index is 8.73. The molecule has 0 aliphatic rings. The van der Waals surface area contributed by atoms with Gasteiger partial charge in [-0.3, -0.25) is 0 Å². The number of nitrogens with zero attached hydrogens (tertiary/aromatic N) is 4. The average molecular weight is 251 g/mol. The number of aromatic nitrogens is 3. The lowest BCUT2D eigenvalue weighted by molar-refractivity contribution is 0.289. The van der Waals surface area contributed by atoms with Gasteiger partial charge >= 0.3 is 0 Å². The Balaban J connectivity index is 2.81. The molecular formula is C8H12Cl2N4O. The topological polar surface area (TPSA) is 62.1 Å². The second-order valence-electron chi connectivity index (χ2n) is 2.83. The molecule has 0 aliphatic heterocycles. The van der Waals surface area contributed by atoms with Gasteiger partial charge in [-0.1, -0.05) is 0 Å². The zero-order chi connectivity index (χ0) is 11.3. The van der Waals surface area contributed by atoms with Crippen LogP contribution in [-0.2, 0) is 0 Å². The molecule has 0 bridgehead atoms. The van der Waals surface area contributed by atoms with E-state index in [2.05, 4.69) is 15.0 Å². The Morgan fingerprint density at radius 1 is 1.20 bits per heavy atom. The molecule has 0 saturated carbocycles. The highest BCUT2D eigenvalue weighted by Crippen LogP contribution is 2.13. The second kappa shape index (κ2) is 6.05. The zero-order valence-electron chi connectivity index (χ0n) is 8.32. The van der Waals surface area contributed by atoms with Crippen LogP contribution in [0.25, 0.3) is 0 Å². The van der Waals surface area contributed by atoms with E-state index in [0.717, 1.165) is 6.54 Å². The van der Waals surface area contributed by atoms with Crippen LogP contribution in [0.2, 0.25) is 10.6 Å². The first-order chi connectivity index (χ1) is 7.17. The van der Waals surface area contributed by atoms with Crippen LogP contribution in [0.1, 0.15) is 13.3 Å². The van der Waals surface area contributed by atoms with E-state index in [-0.39, 0.29) is 17.2 Å². The molecule has 5 nitrogen and oxygen atoms in total. The Hall–Kier alpha value is -0.650. The molecule has 0 fully saturated rings. The summed E-state index contributed by atoms with van der Waals surface area (Å²) in [5.41, 5.74) is 0. The second-order valence-corrected chi connectivity index (χ2v) is 3.51. The summed E-state index contributed by atoms with van der Waals surface area (Å²) >= 11 is 11.3. The van der Waals surface area contributed by atoms with Crippen molar-refractivity contribution in [2.45, 2.75) is 13.3 Å². The van der Waals surface area contributed by atoms with Gasteiger partial charge in [0, 0.05) is 19.7 Å². The first-order valence-electron chi connectivity index (χ1n) is 4.60. The van der Waals surface area contributed by atoms with Gasteiger partial charge in [-0.15, -0.1) is 0 Å². The van der Waals surface area contributed by atoms with Crippen molar-refractivity contribution in [2.24, 2.45) is 0 Å². The SMILES string of the molecule is CCN(CCCO)c1nc(Cl)nc(Cl)n1. The molecule has 7 heteroatoms. The molecule has 1 N–H and O–H groups in total. The van der Waals surface area contributed by atoms with Crippen molar-refractivity contribution in [2.75, 3.05) is 24.6 Å². The van der Waals surface area contributed by atoms with Gasteiger partial charge in [-0.05, 0) is 36.5 Å². The minimum atomic E-state index is 0.0763. The molecule has 1 rings (SSSR count). The van der Waals surface area contributed by atoms with E-state index < -0.39 is 0 Å². The van der Waals surface area contributed by atoms with E-state index in [1.54, 1.807) is 0 Å². The molecule has 0 aliphatic carbocycles. The summed E-state index contributed by atoms with van der Waals surface area (Å²) < 4.78 is 0. The number of hydrogen-bond acceptors (Lipinski definition) is 5. The molecule has 1 aromatic heterocycles. The van der Waals surface area contributed by atoms with Crippen LogP contribution in [0.3, 0.4) is 0 Å². The monoisotopic (exact) mass is 250 g/mol. The van der Waals surface area contributed by atoms with Crippen molar-refractivity contribution in [3.63, 3.8) is 0 Å². The third kappa shape index (κ3) is 3.77. The molecule has 15 heavy (non-hydrogen) atoms. The number of hydrogen-bond donors (Lipinski definition) is 1. The maximum absolute atomic E-state index is 8.73. The maximum Gasteiger partial charge on any atom is 0.230 e. The summed E-state index contributed by atoms with van der Waals surface area (Å²) in [5, 5.41) is 8.89. The minimum Gasteiger partial charge on any atom is -0.396 e. The molecule has 1 aromatic rings. The van der Waals surface area contributed by atoms with E-state index in [4.69, 9.17) is 28.3 Å². The predicted molar refractivity (Wildman–Crippen MR) is 59.4 cm³/mol. The molecule has 0 unspecified atom stereocenters. The fourth-order valence-corrected chi connectivity index (χ4v) is 1.47. The molecule has 0 radical (unpaired) electrons. The highest BCUT2D eigenvalue weighted by molar-refractivity contribution is 6.31. The summed E-state index contributed by atoms with van der Waals surface area (Å²) in [4.78, 5) is 13.5. The smallest absolute Gasteiger partial charge is 0.230 e. The van der Waals surface area contributed by atoms with Gasteiger partial charge in [0.05, 0.1) is 0 Å². The van der Waals surface area contributed by atoms with Gasteiger partial charge in [-0.2, -0.15) is 15.0 Å². The highest BCUT2D eigenvalue weighted by Gasteiger charge is 2.09. The molecule has 0 aromatic carbocycles. The summed E-state index contributed by atoms with van der Waals surface area (Å²) in [6, 6.07) is 0. The minimum absolute atomic E-state index is 0.0763. The van der Waals surface area contributed by atoms with E-state index in [9.17, 15) is 0 Å². The summed E-state index contributed by atoms with van der Waals surface area (Å²) in [5.74, 6) is 0.441. The first kappa shape index (κ1) is 12.4. The predicted octanol–water partition coefficient (Wildman–Crippen LogP) is 1.39. The van der Waals surface area contributed by atoms with Crippen molar-refractivity contribution < 1.29 is 5.11 Å². The Labute approximate surface area is 98.1 Å². The summed E-state index contributed by atoms with van der Waals surface area (Å²) in [6.07, 6.45) is 0.648. The van der Waals surface area contributed by atoms with E-state index >= 15 is 0 Å². The molecule has 0 saturated heterocycles.